The summed E-state index contributed by atoms with van der Waals surface area (Å²) in [6.45, 7) is 0. The third kappa shape index (κ3) is 3.38. The molecule has 6 heteroatoms. The van der Waals surface area contributed by atoms with Gasteiger partial charge in [0.25, 0.3) is 5.91 Å². The van der Waals surface area contributed by atoms with E-state index in [1.54, 1.807) is 0 Å². The number of carbonyl (C=O) groups excluding carboxylic acids is 1. The minimum absolute atomic E-state index is 0.0314. The molecule has 0 bridgehead atoms. The van der Waals surface area contributed by atoms with Crippen LogP contribution in [0.3, 0.4) is 0 Å². The Balaban J connectivity index is 1.35. The Morgan fingerprint density at radius 3 is 2.65 bits per heavy atom. The number of nitrogens with one attached hydrogen (secondary N) is 1. The lowest BCUT2D eigenvalue weighted by Crippen LogP contribution is -2.38. The van der Waals surface area contributed by atoms with Crippen LogP contribution in [0.2, 0.25) is 0 Å². The number of amides is 1. The molecule has 1 aliphatic rings. The number of aryl methyl sites for hydroxylation is 2. The van der Waals surface area contributed by atoms with E-state index in [1.807, 2.05) is 73.1 Å². The van der Waals surface area contributed by atoms with Crippen molar-refractivity contribution in [3.63, 3.8) is 0 Å². The Kier molecular flexibility index (Phi) is 4.76. The van der Waals surface area contributed by atoms with Crippen LogP contribution in [-0.4, -0.2) is 31.3 Å². The summed E-state index contributed by atoms with van der Waals surface area (Å²) >= 11 is 1.86. The first-order valence-electron chi connectivity index (χ1n) is 9.11. The minimum atomic E-state index is 0.0314. The van der Waals surface area contributed by atoms with E-state index < -0.39 is 0 Å². The van der Waals surface area contributed by atoms with Crippen LogP contribution >= 0.6 is 11.8 Å². The van der Waals surface area contributed by atoms with Gasteiger partial charge in [0.05, 0.1) is 0 Å². The molecule has 5 nitrogen and oxygen atoms in total. The predicted molar refractivity (Wildman–Crippen MR) is 105 cm³/mol. The van der Waals surface area contributed by atoms with Crippen LogP contribution in [-0.2, 0) is 14.1 Å². The van der Waals surface area contributed by atoms with E-state index in [4.69, 9.17) is 0 Å². The summed E-state index contributed by atoms with van der Waals surface area (Å²) < 4.78 is 4.05. The van der Waals surface area contributed by atoms with Crippen molar-refractivity contribution in [2.75, 3.05) is 0 Å². The van der Waals surface area contributed by atoms with Gasteiger partial charge in [-0.05, 0) is 37.8 Å². The number of fused-ring (bicyclic) bond motifs is 1. The molecular formula is C20H24N4OS. The fourth-order valence-electron chi connectivity index (χ4n) is 3.71. The van der Waals surface area contributed by atoms with E-state index in [2.05, 4.69) is 14.9 Å². The van der Waals surface area contributed by atoms with Gasteiger partial charge < -0.3 is 14.5 Å². The number of carbonyl (C=O) groups is 1. The van der Waals surface area contributed by atoms with Gasteiger partial charge in [0.1, 0.15) is 5.69 Å². The van der Waals surface area contributed by atoms with Crippen molar-refractivity contribution in [1.82, 2.24) is 19.4 Å². The zero-order valence-corrected chi connectivity index (χ0v) is 16.0. The van der Waals surface area contributed by atoms with Gasteiger partial charge in [-0.1, -0.05) is 30.0 Å². The molecule has 1 amide bonds. The number of rotatable bonds is 4. The fraction of sp³-hybridized carbons (Fsp3) is 0.400. The molecule has 1 fully saturated rings. The number of aromatic nitrogens is 3. The Hall–Kier alpha value is -2.21. The first-order valence-corrected chi connectivity index (χ1v) is 9.99. The van der Waals surface area contributed by atoms with Crippen molar-refractivity contribution in [1.29, 1.82) is 0 Å². The Morgan fingerprint density at radius 2 is 1.96 bits per heavy atom. The van der Waals surface area contributed by atoms with Gasteiger partial charge >= 0.3 is 0 Å². The van der Waals surface area contributed by atoms with Crippen LogP contribution in [0.1, 0.15) is 36.2 Å². The third-order valence-electron chi connectivity index (χ3n) is 5.24. The molecule has 2 heterocycles. The Bertz CT molecular complexity index is 921. The van der Waals surface area contributed by atoms with Crippen LogP contribution in [0.25, 0.3) is 10.9 Å². The van der Waals surface area contributed by atoms with Crippen molar-refractivity contribution in [2.45, 2.75) is 42.1 Å². The van der Waals surface area contributed by atoms with E-state index in [1.165, 1.54) is 0 Å². The number of nitrogens with zero attached hydrogens (tertiary/aromatic N) is 3. The SMILES string of the molecule is Cn1ccnc1SC1CCC(NC(=O)c2cc3ccccc3n2C)CC1. The molecule has 0 saturated heterocycles. The molecule has 0 atom stereocenters. The van der Waals surface area contributed by atoms with Crippen molar-refractivity contribution in [2.24, 2.45) is 14.1 Å². The summed E-state index contributed by atoms with van der Waals surface area (Å²) in [5.74, 6) is 0.0314. The van der Waals surface area contributed by atoms with Crippen LogP contribution in [0.5, 0.6) is 0 Å². The summed E-state index contributed by atoms with van der Waals surface area (Å²) in [4.78, 5) is 17.1. The van der Waals surface area contributed by atoms with Gasteiger partial charge in [0.2, 0.25) is 0 Å². The van der Waals surface area contributed by atoms with Gasteiger partial charge in [-0.25, -0.2) is 4.98 Å². The molecule has 2 aromatic heterocycles. The molecule has 3 aromatic rings. The number of hydrogen-bond donors (Lipinski definition) is 1. The van der Waals surface area contributed by atoms with Crippen molar-refractivity contribution in [3.05, 3.63) is 48.4 Å². The molecule has 26 heavy (non-hydrogen) atoms. The first kappa shape index (κ1) is 17.2. The lowest BCUT2D eigenvalue weighted by Gasteiger charge is -2.28. The van der Waals surface area contributed by atoms with Gasteiger partial charge in [0.15, 0.2) is 5.16 Å². The van der Waals surface area contributed by atoms with E-state index in [0.717, 1.165) is 47.4 Å². The summed E-state index contributed by atoms with van der Waals surface area (Å²) in [6.07, 6.45) is 8.10. The normalized spacial score (nSPS) is 20.4. The average molecular weight is 369 g/mol. The maximum atomic E-state index is 12.7. The number of benzene rings is 1. The number of para-hydroxylation sites is 1. The van der Waals surface area contributed by atoms with Crippen molar-refractivity contribution in [3.8, 4) is 0 Å². The zero-order chi connectivity index (χ0) is 18.1. The molecule has 0 aliphatic heterocycles. The Labute approximate surface area is 157 Å². The van der Waals surface area contributed by atoms with Gasteiger partial charge in [0, 0.05) is 48.7 Å². The molecule has 0 radical (unpaired) electrons. The minimum Gasteiger partial charge on any atom is -0.348 e. The van der Waals surface area contributed by atoms with Gasteiger partial charge in [-0.3, -0.25) is 4.79 Å². The van der Waals surface area contributed by atoms with E-state index in [-0.39, 0.29) is 11.9 Å². The van der Waals surface area contributed by atoms with E-state index >= 15 is 0 Å². The molecule has 136 valence electrons. The number of thioether (sulfide) groups is 1. The van der Waals surface area contributed by atoms with Gasteiger partial charge in [-0.2, -0.15) is 0 Å². The summed E-state index contributed by atoms with van der Waals surface area (Å²) in [6, 6.07) is 10.3. The molecule has 0 unspecified atom stereocenters. The Morgan fingerprint density at radius 1 is 1.19 bits per heavy atom. The number of hydrogen-bond acceptors (Lipinski definition) is 3. The summed E-state index contributed by atoms with van der Waals surface area (Å²) in [5, 5.41) is 6.01. The maximum Gasteiger partial charge on any atom is 0.268 e. The fourth-order valence-corrected chi connectivity index (χ4v) is 4.86. The smallest absolute Gasteiger partial charge is 0.268 e. The van der Waals surface area contributed by atoms with Crippen LogP contribution < -0.4 is 5.32 Å². The highest BCUT2D eigenvalue weighted by molar-refractivity contribution is 7.99. The molecule has 1 saturated carbocycles. The zero-order valence-electron chi connectivity index (χ0n) is 15.2. The monoisotopic (exact) mass is 368 g/mol. The molecular weight excluding hydrogens is 344 g/mol. The molecule has 0 spiro atoms. The average Bonchev–Trinajstić information content (AvgIpc) is 3.20. The van der Waals surface area contributed by atoms with Crippen LogP contribution in [0.4, 0.5) is 0 Å². The summed E-state index contributed by atoms with van der Waals surface area (Å²) in [7, 11) is 3.99. The summed E-state index contributed by atoms with van der Waals surface area (Å²) in [5.41, 5.74) is 1.82. The highest BCUT2D eigenvalue weighted by Crippen LogP contribution is 2.32. The first-order chi connectivity index (χ1) is 12.6. The van der Waals surface area contributed by atoms with Crippen molar-refractivity contribution >= 4 is 28.6 Å². The van der Waals surface area contributed by atoms with Crippen molar-refractivity contribution < 1.29 is 4.79 Å². The molecule has 1 aromatic carbocycles. The molecule has 1 N–H and O–H groups in total. The highest BCUT2D eigenvalue weighted by Gasteiger charge is 2.25. The third-order valence-corrected chi connectivity index (χ3v) is 6.65. The largest absolute Gasteiger partial charge is 0.348 e. The standard InChI is InChI=1S/C20H24N4OS/c1-23-12-11-21-20(23)26-16-9-7-15(8-10-16)22-19(25)18-13-14-5-3-4-6-17(14)24(18)2/h3-6,11-13,15-16H,7-10H2,1-2H3,(H,22,25). The lowest BCUT2D eigenvalue weighted by molar-refractivity contribution is 0.0920. The topological polar surface area (TPSA) is 51.9 Å². The quantitative estimate of drug-likeness (QED) is 0.763. The second-order valence-corrected chi connectivity index (χ2v) is 8.30. The number of imidazole rings is 1. The second-order valence-electron chi connectivity index (χ2n) is 7.03. The van der Waals surface area contributed by atoms with E-state index in [0.29, 0.717) is 5.25 Å². The highest BCUT2D eigenvalue weighted by atomic mass is 32.2. The van der Waals surface area contributed by atoms with Crippen LogP contribution in [0.15, 0.2) is 47.9 Å². The molecule has 4 rings (SSSR count). The van der Waals surface area contributed by atoms with E-state index in [9.17, 15) is 4.79 Å². The lowest BCUT2D eigenvalue weighted by atomic mass is 9.95. The maximum absolute atomic E-state index is 12.7. The van der Waals surface area contributed by atoms with Gasteiger partial charge in [-0.15, -0.1) is 0 Å². The van der Waals surface area contributed by atoms with Crippen LogP contribution in [0, 0.1) is 0 Å². The second kappa shape index (κ2) is 7.19. The molecule has 1 aliphatic carbocycles. The predicted octanol–water partition coefficient (Wildman–Crippen LogP) is 3.75.